The fourth-order valence-corrected chi connectivity index (χ4v) is 2.78. The lowest BCUT2D eigenvalue weighted by Gasteiger charge is -2.10. The van der Waals surface area contributed by atoms with Crippen LogP contribution in [0.5, 0.6) is 11.5 Å². The van der Waals surface area contributed by atoms with E-state index in [4.69, 9.17) is 4.74 Å². The first-order chi connectivity index (χ1) is 14.2. The van der Waals surface area contributed by atoms with Gasteiger partial charge in [-0.3, -0.25) is 0 Å². The van der Waals surface area contributed by atoms with Gasteiger partial charge in [-0.15, -0.1) is 0 Å². The number of para-hydroxylation sites is 1. The standard InChI is InChI=1S/C24H22N4O/c1-18-7-9-19(10-8-18)17-26-23-15-16-25-24(28-23)27-20-11-13-22(14-12-20)29-21-5-3-2-4-6-21/h2-16H,17H2,1H3,(H2,25,26,27,28). The highest BCUT2D eigenvalue weighted by Crippen LogP contribution is 2.23. The number of anilines is 3. The zero-order chi connectivity index (χ0) is 19.9. The smallest absolute Gasteiger partial charge is 0.229 e. The molecule has 3 aromatic carbocycles. The molecule has 144 valence electrons. The normalized spacial score (nSPS) is 10.4. The highest BCUT2D eigenvalue weighted by molar-refractivity contribution is 5.56. The van der Waals surface area contributed by atoms with Gasteiger partial charge in [0.1, 0.15) is 17.3 Å². The maximum absolute atomic E-state index is 5.81. The van der Waals surface area contributed by atoms with Crippen molar-refractivity contribution in [1.29, 1.82) is 0 Å². The van der Waals surface area contributed by atoms with E-state index in [2.05, 4.69) is 51.8 Å². The third kappa shape index (κ3) is 5.32. The molecule has 4 aromatic rings. The summed E-state index contributed by atoms with van der Waals surface area (Å²) in [6, 6.07) is 27.7. The number of nitrogens with zero attached hydrogens (tertiary/aromatic N) is 2. The minimum absolute atomic E-state index is 0.538. The van der Waals surface area contributed by atoms with Crippen LogP contribution in [-0.4, -0.2) is 9.97 Å². The zero-order valence-corrected chi connectivity index (χ0v) is 16.2. The molecule has 0 radical (unpaired) electrons. The van der Waals surface area contributed by atoms with Crippen molar-refractivity contribution in [2.24, 2.45) is 0 Å². The van der Waals surface area contributed by atoms with E-state index in [0.29, 0.717) is 12.5 Å². The van der Waals surface area contributed by atoms with Crippen molar-refractivity contribution in [3.05, 3.63) is 102 Å². The average Bonchev–Trinajstić information content (AvgIpc) is 2.76. The minimum atomic E-state index is 0.538. The lowest BCUT2D eigenvalue weighted by molar-refractivity contribution is 0.483. The summed E-state index contributed by atoms with van der Waals surface area (Å²) >= 11 is 0. The molecule has 0 aliphatic heterocycles. The first kappa shape index (κ1) is 18.5. The second-order valence-corrected chi connectivity index (χ2v) is 6.67. The summed E-state index contributed by atoms with van der Waals surface area (Å²) in [6.07, 6.45) is 1.74. The Balaban J connectivity index is 1.36. The molecular weight excluding hydrogens is 360 g/mol. The molecule has 0 bridgehead atoms. The number of hydrogen-bond donors (Lipinski definition) is 2. The molecule has 1 aromatic heterocycles. The topological polar surface area (TPSA) is 59.1 Å². The summed E-state index contributed by atoms with van der Waals surface area (Å²) in [5.41, 5.74) is 3.35. The first-order valence-electron chi connectivity index (χ1n) is 9.47. The van der Waals surface area contributed by atoms with E-state index in [0.717, 1.165) is 23.0 Å². The summed E-state index contributed by atoms with van der Waals surface area (Å²) < 4.78 is 5.81. The Morgan fingerprint density at radius 3 is 2.28 bits per heavy atom. The molecule has 0 unspecified atom stereocenters. The molecule has 1 heterocycles. The summed E-state index contributed by atoms with van der Waals surface area (Å²) in [5.74, 6) is 2.89. The number of benzene rings is 3. The summed E-state index contributed by atoms with van der Waals surface area (Å²) in [7, 11) is 0. The highest BCUT2D eigenvalue weighted by atomic mass is 16.5. The Kier molecular flexibility index (Phi) is 5.67. The summed E-state index contributed by atoms with van der Waals surface area (Å²) in [5, 5.41) is 6.56. The lowest BCUT2D eigenvalue weighted by Crippen LogP contribution is -2.04. The van der Waals surface area contributed by atoms with Crippen LogP contribution in [0.25, 0.3) is 0 Å². The average molecular weight is 382 g/mol. The molecular formula is C24H22N4O. The van der Waals surface area contributed by atoms with Crippen LogP contribution < -0.4 is 15.4 Å². The lowest BCUT2D eigenvalue weighted by atomic mass is 10.1. The van der Waals surface area contributed by atoms with E-state index in [-0.39, 0.29) is 0 Å². The number of rotatable bonds is 7. The van der Waals surface area contributed by atoms with Crippen molar-refractivity contribution >= 4 is 17.5 Å². The van der Waals surface area contributed by atoms with Crippen molar-refractivity contribution in [1.82, 2.24) is 9.97 Å². The second kappa shape index (κ2) is 8.89. The van der Waals surface area contributed by atoms with Crippen molar-refractivity contribution in [3.8, 4) is 11.5 Å². The van der Waals surface area contributed by atoms with Gasteiger partial charge in [0.05, 0.1) is 0 Å². The SMILES string of the molecule is Cc1ccc(CNc2ccnc(Nc3ccc(Oc4ccccc4)cc3)n2)cc1. The third-order valence-electron chi connectivity index (χ3n) is 4.34. The predicted molar refractivity (Wildman–Crippen MR) is 117 cm³/mol. The monoisotopic (exact) mass is 382 g/mol. The molecule has 5 nitrogen and oxygen atoms in total. The van der Waals surface area contributed by atoms with Gasteiger partial charge in [0.25, 0.3) is 0 Å². The Hall–Kier alpha value is -3.86. The maximum atomic E-state index is 5.81. The van der Waals surface area contributed by atoms with Gasteiger partial charge in [-0.05, 0) is 55.0 Å². The van der Waals surface area contributed by atoms with Crippen molar-refractivity contribution in [3.63, 3.8) is 0 Å². The van der Waals surface area contributed by atoms with Crippen LogP contribution in [0.15, 0.2) is 91.1 Å². The van der Waals surface area contributed by atoms with Gasteiger partial charge >= 0.3 is 0 Å². The van der Waals surface area contributed by atoms with E-state index in [9.17, 15) is 0 Å². The van der Waals surface area contributed by atoms with Gasteiger partial charge in [-0.25, -0.2) is 4.98 Å². The number of aryl methyl sites for hydroxylation is 1. The van der Waals surface area contributed by atoms with Gasteiger partial charge in [0, 0.05) is 18.4 Å². The fraction of sp³-hybridized carbons (Fsp3) is 0.0833. The molecule has 5 heteroatoms. The first-order valence-corrected chi connectivity index (χ1v) is 9.47. The molecule has 29 heavy (non-hydrogen) atoms. The van der Waals surface area contributed by atoms with Gasteiger partial charge in [0.2, 0.25) is 5.95 Å². The van der Waals surface area contributed by atoms with Gasteiger partial charge in [0.15, 0.2) is 0 Å². The molecule has 2 N–H and O–H groups in total. The Morgan fingerprint density at radius 2 is 1.52 bits per heavy atom. The van der Waals surface area contributed by atoms with E-state index in [1.807, 2.05) is 60.7 Å². The molecule has 0 amide bonds. The van der Waals surface area contributed by atoms with Crippen LogP contribution in [0.2, 0.25) is 0 Å². The zero-order valence-electron chi connectivity index (χ0n) is 16.2. The molecule has 4 rings (SSSR count). The number of ether oxygens (including phenoxy) is 1. The molecule has 0 saturated carbocycles. The minimum Gasteiger partial charge on any atom is -0.457 e. The Labute approximate surface area is 170 Å². The van der Waals surface area contributed by atoms with E-state index in [1.54, 1.807) is 6.20 Å². The van der Waals surface area contributed by atoms with E-state index in [1.165, 1.54) is 11.1 Å². The second-order valence-electron chi connectivity index (χ2n) is 6.67. The molecule has 0 atom stereocenters. The van der Waals surface area contributed by atoms with Gasteiger partial charge in [-0.2, -0.15) is 4.98 Å². The van der Waals surface area contributed by atoms with Crippen LogP contribution in [0, 0.1) is 6.92 Å². The molecule has 0 fully saturated rings. The molecule has 0 aliphatic rings. The Morgan fingerprint density at radius 1 is 0.793 bits per heavy atom. The maximum Gasteiger partial charge on any atom is 0.229 e. The summed E-state index contributed by atoms with van der Waals surface area (Å²) in [4.78, 5) is 8.82. The highest BCUT2D eigenvalue weighted by Gasteiger charge is 2.02. The quantitative estimate of drug-likeness (QED) is 0.415. The largest absolute Gasteiger partial charge is 0.457 e. The van der Waals surface area contributed by atoms with Crippen molar-refractivity contribution in [2.75, 3.05) is 10.6 Å². The number of aromatic nitrogens is 2. The van der Waals surface area contributed by atoms with Crippen LogP contribution in [-0.2, 0) is 6.54 Å². The summed E-state index contributed by atoms with van der Waals surface area (Å²) in [6.45, 7) is 2.79. The Bertz CT molecular complexity index is 1050. The van der Waals surface area contributed by atoms with Crippen molar-refractivity contribution < 1.29 is 4.74 Å². The van der Waals surface area contributed by atoms with Crippen LogP contribution >= 0.6 is 0 Å². The molecule has 0 saturated heterocycles. The van der Waals surface area contributed by atoms with Gasteiger partial charge in [-0.1, -0.05) is 48.0 Å². The van der Waals surface area contributed by atoms with Crippen LogP contribution in [0.3, 0.4) is 0 Å². The van der Waals surface area contributed by atoms with Crippen LogP contribution in [0.1, 0.15) is 11.1 Å². The fourth-order valence-electron chi connectivity index (χ4n) is 2.78. The van der Waals surface area contributed by atoms with Gasteiger partial charge < -0.3 is 15.4 Å². The predicted octanol–water partition coefficient (Wildman–Crippen LogP) is 5.93. The van der Waals surface area contributed by atoms with E-state index < -0.39 is 0 Å². The van der Waals surface area contributed by atoms with Crippen LogP contribution in [0.4, 0.5) is 17.5 Å². The van der Waals surface area contributed by atoms with E-state index >= 15 is 0 Å². The molecule has 0 aliphatic carbocycles. The third-order valence-corrected chi connectivity index (χ3v) is 4.34. The number of nitrogens with one attached hydrogen (secondary N) is 2. The van der Waals surface area contributed by atoms with Crippen molar-refractivity contribution in [2.45, 2.75) is 13.5 Å². The number of hydrogen-bond acceptors (Lipinski definition) is 5. The molecule has 0 spiro atoms.